The fourth-order valence-electron chi connectivity index (χ4n) is 2.45. The van der Waals surface area contributed by atoms with Gasteiger partial charge in [0.05, 0.1) is 10.9 Å². The Morgan fingerprint density at radius 2 is 1.66 bits per heavy atom. The molecule has 0 aliphatic heterocycles. The van der Waals surface area contributed by atoms with Gasteiger partial charge < -0.3 is 19.0 Å². The highest BCUT2D eigenvalue weighted by molar-refractivity contribution is 5.87. The third-order valence-electron chi connectivity index (χ3n) is 3.66. The van der Waals surface area contributed by atoms with Gasteiger partial charge in [-0.25, -0.2) is 4.79 Å². The number of carboxylic acids is 1. The second-order valence-corrected chi connectivity index (χ2v) is 5.77. The summed E-state index contributed by atoms with van der Waals surface area (Å²) in [5, 5.41) is 8.64. The molecule has 3 rings (SSSR count). The van der Waals surface area contributed by atoms with Gasteiger partial charge in [0, 0.05) is 13.0 Å². The maximum atomic E-state index is 13.5. The van der Waals surface area contributed by atoms with Crippen LogP contribution in [0.1, 0.15) is 23.0 Å². The van der Waals surface area contributed by atoms with E-state index in [4.69, 9.17) is 19.0 Å². The minimum absolute atomic E-state index is 0.0980. The normalized spacial score (nSPS) is 11.3. The molecular formula is C19H11F3O7. The minimum atomic E-state index is -5.07. The quantitative estimate of drug-likeness (QED) is 0.509. The summed E-state index contributed by atoms with van der Waals surface area (Å²) in [6, 6.07) is 7.78. The summed E-state index contributed by atoms with van der Waals surface area (Å²) >= 11 is 0. The first-order chi connectivity index (χ1) is 13.6. The van der Waals surface area contributed by atoms with Crippen LogP contribution < -0.4 is 14.9 Å². The molecular weight excluding hydrogens is 397 g/mol. The van der Waals surface area contributed by atoms with Crippen LogP contribution in [-0.4, -0.2) is 17.0 Å². The number of ether oxygens (including phenoxy) is 2. The van der Waals surface area contributed by atoms with Gasteiger partial charge in [-0.2, -0.15) is 13.2 Å². The number of rotatable bonds is 4. The summed E-state index contributed by atoms with van der Waals surface area (Å²) in [4.78, 5) is 34.5. The van der Waals surface area contributed by atoms with E-state index in [-0.39, 0.29) is 22.4 Å². The molecule has 10 heteroatoms. The van der Waals surface area contributed by atoms with Gasteiger partial charge in [-0.1, -0.05) is 0 Å². The minimum Gasteiger partial charge on any atom is -0.478 e. The Kier molecular flexibility index (Phi) is 5.02. The molecule has 1 N–H and O–H groups in total. The predicted octanol–water partition coefficient (Wildman–Crippen LogP) is 4.23. The number of halogens is 3. The van der Waals surface area contributed by atoms with Crippen molar-refractivity contribution >= 4 is 22.9 Å². The highest BCUT2D eigenvalue weighted by Crippen LogP contribution is 2.38. The Hall–Kier alpha value is -3.82. The van der Waals surface area contributed by atoms with E-state index >= 15 is 0 Å². The van der Waals surface area contributed by atoms with E-state index in [2.05, 4.69) is 0 Å². The molecule has 0 spiro atoms. The molecule has 0 bridgehead atoms. The summed E-state index contributed by atoms with van der Waals surface area (Å²) in [6.45, 7) is 1.11. The molecule has 1 aromatic heterocycles. The molecule has 0 saturated carbocycles. The third-order valence-corrected chi connectivity index (χ3v) is 3.66. The number of carbonyl (C=O) groups is 2. The second-order valence-electron chi connectivity index (χ2n) is 5.77. The van der Waals surface area contributed by atoms with Crippen molar-refractivity contribution in [2.24, 2.45) is 0 Å². The van der Waals surface area contributed by atoms with Gasteiger partial charge in [0.1, 0.15) is 17.1 Å². The monoisotopic (exact) mass is 408 g/mol. The molecule has 150 valence electrons. The van der Waals surface area contributed by atoms with Gasteiger partial charge in [-0.15, -0.1) is 0 Å². The lowest BCUT2D eigenvalue weighted by molar-refractivity contribution is -0.154. The van der Waals surface area contributed by atoms with Gasteiger partial charge in [-0.3, -0.25) is 9.59 Å². The number of carboxylic acid groups (broad SMARTS) is 1. The first-order valence-electron chi connectivity index (χ1n) is 7.94. The molecule has 0 aliphatic rings. The molecule has 29 heavy (non-hydrogen) atoms. The number of aromatic carboxylic acids is 1. The zero-order chi connectivity index (χ0) is 21.3. The SMILES string of the molecule is CC(=O)Oc1ccc2c(=O)c(Oc3ccc(C(=O)O)cc3)c(C(F)(F)F)oc2c1. The van der Waals surface area contributed by atoms with Gasteiger partial charge >= 0.3 is 18.1 Å². The van der Waals surface area contributed by atoms with Crippen LogP contribution in [0, 0.1) is 0 Å². The van der Waals surface area contributed by atoms with Gasteiger partial charge in [0.15, 0.2) is 0 Å². The van der Waals surface area contributed by atoms with Crippen molar-refractivity contribution in [3.63, 3.8) is 0 Å². The topological polar surface area (TPSA) is 103 Å². The molecule has 0 atom stereocenters. The Balaban J connectivity index is 2.14. The Morgan fingerprint density at radius 3 is 2.21 bits per heavy atom. The number of hydrogen-bond donors (Lipinski definition) is 1. The summed E-state index contributed by atoms with van der Waals surface area (Å²) in [5.41, 5.74) is -1.66. The second kappa shape index (κ2) is 7.30. The molecule has 0 unspecified atom stereocenters. The average Bonchev–Trinajstić information content (AvgIpc) is 2.62. The Labute approximate surface area is 159 Å². The van der Waals surface area contributed by atoms with Crippen molar-refractivity contribution in [3.8, 4) is 17.2 Å². The highest BCUT2D eigenvalue weighted by Gasteiger charge is 2.40. The number of alkyl halides is 3. The number of benzene rings is 2. The molecule has 2 aromatic carbocycles. The van der Waals surface area contributed by atoms with Crippen LogP contribution in [0.3, 0.4) is 0 Å². The fraction of sp³-hybridized carbons (Fsp3) is 0.105. The lowest BCUT2D eigenvalue weighted by atomic mass is 10.2. The van der Waals surface area contributed by atoms with E-state index < -0.39 is 40.6 Å². The van der Waals surface area contributed by atoms with E-state index in [1.54, 1.807) is 0 Å². The highest BCUT2D eigenvalue weighted by atomic mass is 19.4. The van der Waals surface area contributed by atoms with Crippen LogP contribution in [0.4, 0.5) is 13.2 Å². The molecule has 0 fully saturated rings. The number of carbonyl (C=O) groups excluding carboxylic acids is 1. The van der Waals surface area contributed by atoms with E-state index in [1.165, 1.54) is 6.07 Å². The zero-order valence-electron chi connectivity index (χ0n) is 14.6. The number of esters is 1. The van der Waals surface area contributed by atoms with Crippen LogP contribution in [0.15, 0.2) is 51.7 Å². The maximum absolute atomic E-state index is 13.5. The first-order valence-corrected chi connectivity index (χ1v) is 7.94. The smallest absolute Gasteiger partial charge is 0.453 e. The lowest BCUT2D eigenvalue weighted by Gasteiger charge is -2.13. The van der Waals surface area contributed by atoms with Gasteiger partial charge in [0.2, 0.25) is 11.2 Å². The van der Waals surface area contributed by atoms with E-state index in [0.717, 1.165) is 43.3 Å². The van der Waals surface area contributed by atoms with Crippen molar-refractivity contribution in [1.29, 1.82) is 0 Å². The molecule has 1 heterocycles. The largest absolute Gasteiger partial charge is 0.478 e. The number of hydrogen-bond acceptors (Lipinski definition) is 6. The van der Waals surface area contributed by atoms with Crippen molar-refractivity contribution in [3.05, 3.63) is 64.0 Å². The Morgan fingerprint density at radius 1 is 1.03 bits per heavy atom. The van der Waals surface area contributed by atoms with Crippen LogP contribution in [0.2, 0.25) is 0 Å². The van der Waals surface area contributed by atoms with Crippen molar-refractivity contribution in [2.75, 3.05) is 0 Å². The summed E-state index contributed by atoms with van der Waals surface area (Å²) in [5.74, 6) is -5.01. The van der Waals surface area contributed by atoms with Crippen molar-refractivity contribution < 1.29 is 41.8 Å². The summed E-state index contributed by atoms with van der Waals surface area (Å²) in [6.07, 6.45) is -5.07. The molecule has 3 aromatic rings. The van der Waals surface area contributed by atoms with Crippen LogP contribution >= 0.6 is 0 Å². The van der Waals surface area contributed by atoms with Crippen molar-refractivity contribution in [1.82, 2.24) is 0 Å². The maximum Gasteiger partial charge on any atom is 0.453 e. The zero-order valence-corrected chi connectivity index (χ0v) is 14.6. The number of fused-ring (bicyclic) bond motifs is 1. The molecule has 0 radical (unpaired) electrons. The van der Waals surface area contributed by atoms with Crippen molar-refractivity contribution in [2.45, 2.75) is 13.1 Å². The summed E-state index contributed by atoms with van der Waals surface area (Å²) in [7, 11) is 0. The first kappa shape index (κ1) is 19.9. The van der Waals surface area contributed by atoms with Crippen LogP contribution in [0.25, 0.3) is 11.0 Å². The standard InChI is InChI=1S/C19H11F3O7/c1-9(23)27-12-6-7-13-14(8-12)29-17(19(20,21)22)16(15(13)24)28-11-4-2-10(3-5-11)18(25)26/h2-8H,1H3,(H,25,26). The summed E-state index contributed by atoms with van der Waals surface area (Å²) < 4.78 is 55.1. The Bertz CT molecular complexity index is 1160. The van der Waals surface area contributed by atoms with E-state index in [9.17, 15) is 27.6 Å². The molecule has 0 saturated heterocycles. The van der Waals surface area contributed by atoms with E-state index in [1.807, 2.05) is 0 Å². The van der Waals surface area contributed by atoms with Crippen LogP contribution in [0.5, 0.6) is 17.2 Å². The van der Waals surface area contributed by atoms with Gasteiger partial charge in [-0.05, 0) is 36.4 Å². The fourth-order valence-corrected chi connectivity index (χ4v) is 2.45. The molecule has 0 amide bonds. The average molecular weight is 408 g/mol. The lowest BCUT2D eigenvalue weighted by Crippen LogP contribution is -2.15. The van der Waals surface area contributed by atoms with Crippen LogP contribution in [-0.2, 0) is 11.0 Å². The predicted molar refractivity (Wildman–Crippen MR) is 92.3 cm³/mol. The molecule has 0 aliphatic carbocycles. The van der Waals surface area contributed by atoms with Gasteiger partial charge in [0.25, 0.3) is 5.76 Å². The third kappa shape index (κ3) is 4.21. The molecule has 7 nitrogen and oxygen atoms in total. The van der Waals surface area contributed by atoms with E-state index in [0.29, 0.717) is 0 Å².